The van der Waals surface area contributed by atoms with Crippen LogP contribution in [0.25, 0.3) is 0 Å². The van der Waals surface area contributed by atoms with Crippen molar-refractivity contribution in [2.75, 3.05) is 32.2 Å². The summed E-state index contributed by atoms with van der Waals surface area (Å²) in [6, 6.07) is 1.77. The minimum Gasteiger partial charge on any atom is -0.382 e. The van der Waals surface area contributed by atoms with E-state index in [9.17, 15) is 0 Å². The van der Waals surface area contributed by atoms with Crippen molar-refractivity contribution in [3.8, 4) is 0 Å². The Hall–Kier alpha value is -1.07. The summed E-state index contributed by atoms with van der Waals surface area (Å²) in [4.78, 5) is 0. The molecule has 0 aliphatic rings. The second kappa shape index (κ2) is 7.24. The van der Waals surface area contributed by atoms with Crippen molar-refractivity contribution in [1.29, 1.82) is 0 Å². The number of nitrogens with zero attached hydrogens (tertiary/aromatic N) is 2. The van der Waals surface area contributed by atoms with Gasteiger partial charge in [-0.25, -0.2) is 0 Å². The van der Waals surface area contributed by atoms with Crippen LogP contribution in [0, 0.1) is 5.92 Å². The number of aromatic nitrogens is 2. The van der Waals surface area contributed by atoms with E-state index in [1.807, 2.05) is 6.20 Å². The largest absolute Gasteiger partial charge is 0.382 e. The first kappa shape index (κ1) is 13.0. The molecule has 1 aromatic heterocycles. The van der Waals surface area contributed by atoms with E-state index in [0.717, 1.165) is 13.2 Å². The predicted molar refractivity (Wildman–Crippen MR) is 63.1 cm³/mol. The molecule has 0 saturated heterocycles. The van der Waals surface area contributed by atoms with Gasteiger partial charge in [-0.1, -0.05) is 13.8 Å². The molecule has 5 nitrogen and oxygen atoms in total. The molecule has 0 aliphatic heterocycles. The Balaban J connectivity index is 1.92. The van der Waals surface area contributed by atoms with Crippen molar-refractivity contribution >= 4 is 5.82 Å². The Bertz CT molecular complexity index is 287. The number of nitrogens with two attached hydrogens (primary N) is 1. The zero-order chi connectivity index (χ0) is 11.8. The Morgan fingerprint density at radius 3 is 2.69 bits per heavy atom. The maximum Gasteiger partial charge on any atom is 0.145 e. The molecular weight excluding hydrogens is 206 g/mol. The molecule has 0 bridgehead atoms. The minimum atomic E-state index is 0.542. The summed E-state index contributed by atoms with van der Waals surface area (Å²) in [5.41, 5.74) is 5.48. The normalized spacial score (nSPS) is 11.2. The van der Waals surface area contributed by atoms with Crippen LogP contribution in [0.4, 0.5) is 5.82 Å². The van der Waals surface area contributed by atoms with E-state index in [2.05, 4.69) is 18.9 Å². The van der Waals surface area contributed by atoms with Crippen LogP contribution in [0.2, 0.25) is 0 Å². The number of hydrogen-bond donors (Lipinski definition) is 1. The van der Waals surface area contributed by atoms with Crippen LogP contribution in [0.1, 0.15) is 13.8 Å². The van der Waals surface area contributed by atoms with Gasteiger partial charge in [-0.05, 0) is 12.0 Å². The van der Waals surface area contributed by atoms with Crippen LogP contribution >= 0.6 is 0 Å². The molecule has 0 saturated carbocycles. The quantitative estimate of drug-likeness (QED) is 0.677. The molecule has 0 radical (unpaired) electrons. The molecule has 92 valence electrons. The number of hydrogen-bond acceptors (Lipinski definition) is 4. The highest BCUT2D eigenvalue weighted by atomic mass is 16.5. The lowest BCUT2D eigenvalue weighted by Gasteiger charge is -2.07. The summed E-state index contributed by atoms with van der Waals surface area (Å²) in [6.07, 6.45) is 1.84. The molecule has 2 N–H and O–H groups in total. The summed E-state index contributed by atoms with van der Waals surface area (Å²) in [7, 11) is 0. The molecule has 0 unspecified atom stereocenters. The van der Waals surface area contributed by atoms with Crippen LogP contribution in [0.5, 0.6) is 0 Å². The standard InChI is InChI=1S/C11H21N3O2/c1-10(2)9-16-8-7-15-6-5-14-4-3-11(12)13-14/h3-4,10H,5-9H2,1-2H3,(H2,12,13). The highest BCUT2D eigenvalue weighted by Crippen LogP contribution is 1.95. The maximum atomic E-state index is 5.48. The van der Waals surface area contributed by atoms with Crippen molar-refractivity contribution < 1.29 is 9.47 Å². The number of rotatable bonds is 8. The second-order valence-electron chi connectivity index (χ2n) is 4.08. The number of anilines is 1. The Kier molecular flexibility index (Phi) is 5.88. The van der Waals surface area contributed by atoms with Gasteiger partial charge in [0.2, 0.25) is 0 Å². The Morgan fingerprint density at radius 2 is 2.06 bits per heavy atom. The van der Waals surface area contributed by atoms with Gasteiger partial charge in [0.05, 0.1) is 26.4 Å². The van der Waals surface area contributed by atoms with Gasteiger partial charge < -0.3 is 15.2 Å². The third-order valence-corrected chi connectivity index (χ3v) is 1.95. The van der Waals surface area contributed by atoms with Crippen molar-refractivity contribution in [3.05, 3.63) is 12.3 Å². The summed E-state index contributed by atoms with van der Waals surface area (Å²) in [5.74, 6) is 1.12. The molecule has 0 aliphatic carbocycles. The fourth-order valence-electron chi connectivity index (χ4n) is 1.20. The second-order valence-corrected chi connectivity index (χ2v) is 4.08. The molecule has 1 rings (SSSR count). The molecular formula is C11H21N3O2. The lowest BCUT2D eigenvalue weighted by molar-refractivity contribution is 0.0346. The fourth-order valence-corrected chi connectivity index (χ4v) is 1.20. The average Bonchev–Trinajstić information content (AvgIpc) is 2.62. The first-order valence-corrected chi connectivity index (χ1v) is 5.63. The lowest BCUT2D eigenvalue weighted by atomic mass is 10.2. The SMILES string of the molecule is CC(C)COCCOCCn1ccc(N)n1. The van der Waals surface area contributed by atoms with Gasteiger partial charge in [0.25, 0.3) is 0 Å². The molecule has 0 amide bonds. The molecule has 5 heteroatoms. The van der Waals surface area contributed by atoms with Gasteiger partial charge >= 0.3 is 0 Å². The highest BCUT2D eigenvalue weighted by Gasteiger charge is 1.96. The fraction of sp³-hybridized carbons (Fsp3) is 0.727. The number of ether oxygens (including phenoxy) is 2. The van der Waals surface area contributed by atoms with Crippen LogP contribution < -0.4 is 5.73 Å². The monoisotopic (exact) mass is 227 g/mol. The summed E-state index contributed by atoms with van der Waals surface area (Å²) >= 11 is 0. The maximum absolute atomic E-state index is 5.48. The van der Waals surface area contributed by atoms with E-state index < -0.39 is 0 Å². The summed E-state index contributed by atoms with van der Waals surface area (Å²) < 4.78 is 12.6. The first-order chi connectivity index (χ1) is 7.68. The third kappa shape index (κ3) is 5.72. The van der Waals surface area contributed by atoms with Crippen LogP contribution in [0.3, 0.4) is 0 Å². The molecule has 0 fully saturated rings. The zero-order valence-corrected chi connectivity index (χ0v) is 10.1. The van der Waals surface area contributed by atoms with E-state index >= 15 is 0 Å². The van der Waals surface area contributed by atoms with Crippen molar-refractivity contribution in [1.82, 2.24) is 9.78 Å². The van der Waals surface area contributed by atoms with E-state index in [4.69, 9.17) is 15.2 Å². The molecule has 16 heavy (non-hydrogen) atoms. The summed E-state index contributed by atoms with van der Waals surface area (Å²) in [6.45, 7) is 7.68. The predicted octanol–water partition coefficient (Wildman–Crippen LogP) is 1.15. The minimum absolute atomic E-state index is 0.542. The van der Waals surface area contributed by atoms with Gasteiger partial charge in [-0.2, -0.15) is 5.10 Å². The van der Waals surface area contributed by atoms with Gasteiger partial charge in [-0.3, -0.25) is 4.68 Å². The molecule has 0 atom stereocenters. The van der Waals surface area contributed by atoms with E-state index in [0.29, 0.717) is 31.6 Å². The van der Waals surface area contributed by atoms with Crippen molar-refractivity contribution in [3.63, 3.8) is 0 Å². The first-order valence-electron chi connectivity index (χ1n) is 5.63. The highest BCUT2D eigenvalue weighted by molar-refractivity contribution is 5.23. The van der Waals surface area contributed by atoms with Crippen molar-refractivity contribution in [2.24, 2.45) is 5.92 Å². The van der Waals surface area contributed by atoms with Crippen LogP contribution in [0.15, 0.2) is 12.3 Å². The Labute approximate surface area is 96.5 Å². The zero-order valence-electron chi connectivity index (χ0n) is 10.1. The van der Waals surface area contributed by atoms with Gasteiger partial charge in [0, 0.05) is 12.8 Å². The topological polar surface area (TPSA) is 62.3 Å². The summed E-state index contributed by atoms with van der Waals surface area (Å²) in [5, 5.41) is 4.05. The van der Waals surface area contributed by atoms with E-state index in [1.54, 1.807) is 10.7 Å². The third-order valence-electron chi connectivity index (χ3n) is 1.95. The Morgan fingerprint density at radius 1 is 1.31 bits per heavy atom. The lowest BCUT2D eigenvalue weighted by Crippen LogP contribution is -2.12. The van der Waals surface area contributed by atoms with E-state index in [-0.39, 0.29) is 0 Å². The average molecular weight is 227 g/mol. The smallest absolute Gasteiger partial charge is 0.145 e. The molecule has 1 heterocycles. The van der Waals surface area contributed by atoms with E-state index in [1.165, 1.54) is 0 Å². The van der Waals surface area contributed by atoms with Gasteiger partial charge in [-0.15, -0.1) is 0 Å². The molecule has 0 aromatic carbocycles. The number of nitrogen functional groups attached to an aromatic ring is 1. The van der Waals surface area contributed by atoms with Crippen LogP contribution in [-0.2, 0) is 16.0 Å². The molecule has 1 aromatic rings. The van der Waals surface area contributed by atoms with Crippen LogP contribution in [-0.4, -0.2) is 36.2 Å². The molecule has 0 spiro atoms. The van der Waals surface area contributed by atoms with Crippen molar-refractivity contribution in [2.45, 2.75) is 20.4 Å². The van der Waals surface area contributed by atoms with Gasteiger partial charge in [0.1, 0.15) is 5.82 Å². The van der Waals surface area contributed by atoms with Gasteiger partial charge in [0.15, 0.2) is 0 Å².